The Morgan fingerprint density at radius 1 is 1.23 bits per heavy atom. The van der Waals surface area contributed by atoms with E-state index in [-0.39, 0.29) is 31.7 Å². The Morgan fingerprint density at radius 2 is 1.82 bits per heavy atom. The van der Waals surface area contributed by atoms with Crippen LogP contribution in [-0.2, 0) is 9.53 Å². The average molecular weight is 370 g/mol. The maximum absolute atomic E-state index is 12.0. The molecule has 1 aromatic rings. The quantitative estimate of drug-likeness (QED) is 0.619. The van der Waals surface area contributed by atoms with E-state index in [1.165, 1.54) is 0 Å². The van der Waals surface area contributed by atoms with Gasteiger partial charge in [-0.25, -0.2) is 0 Å². The molecule has 22 heavy (non-hydrogen) atoms. The predicted octanol–water partition coefficient (Wildman–Crippen LogP) is 2.55. The molecule has 0 saturated heterocycles. The number of carbonyl (C=O) groups excluding carboxylic acids is 2. The number of nitrogens with one attached hydrogen (secondary N) is 1. The van der Waals surface area contributed by atoms with Crippen LogP contribution in [-0.4, -0.2) is 39.0 Å². The van der Waals surface area contributed by atoms with Gasteiger partial charge < -0.3 is 0 Å². The standard InChI is InChI=1S/C17H25NO3Se/c1-12(2)15(18-16(20)21-17(3,4)5)14(11-19)22-13-9-7-6-8-10-13/h6-12,14-15H,1-5H3,(H,18,20)/t14-,15+/m1/s1. The molecule has 0 spiro atoms. The molecule has 5 heteroatoms. The zero-order valence-corrected chi connectivity index (χ0v) is 15.5. The maximum atomic E-state index is 12.0. The van der Waals surface area contributed by atoms with Crippen LogP contribution < -0.4 is 9.78 Å². The van der Waals surface area contributed by atoms with Crippen LogP contribution in [0.2, 0.25) is 4.82 Å². The number of hydrogen-bond donors (Lipinski definition) is 1. The fourth-order valence-corrected chi connectivity index (χ4v) is 4.46. The minimum absolute atomic E-state index is 0.0348. The third kappa shape index (κ3) is 6.63. The summed E-state index contributed by atoms with van der Waals surface area (Å²) in [5.41, 5.74) is -0.549. The van der Waals surface area contributed by atoms with Gasteiger partial charge in [-0.05, 0) is 0 Å². The fraction of sp³-hybridized carbons (Fsp3) is 0.529. The van der Waals surface area contributed by atoms with Crippen molar-refractivity contribution in [2.45, 2.75) is 51.1 Å². The topological polar surface area (TPSA) is 55.4 Å². The number of ether oxygens (including phenoxy) is 1. The minimum atomic E-state index is -0.549. The van der Waals surface area contributed by atoms with Crippen LogP contribution in [0.25, 0.3) is 0 Å². The number of amides is 1. The van der Waals surface area contributed by atoms with E-state index in [4.69, 9.17) is 4.74 Å². The van der Waals surface area contributed by atoms with Crippen molar-refractivity contribution in [1.29, 1.82) is 0 Å². The third-order valence-corrected chi connectivity index (χ3v) is 5.47. The molecule has 1 rings (SSSR count). The SMILES string of the molecule is CC(C)[C@H](NC(=O)OC(C)(C)C)[C@@H](C=O)[Se]c1ccccc1. The first-order valence-electron chi connectivity index (χ1n) is 7.39. The number of hydrogen-bond acceptors (Lipinski definition) is 3. The molecule has 1 aromatic carbocycles. The van der Waals surface area contributed by atoms with Gasteiger partial charge in [0.05, 0.1) is 0 Å². The van der Waals surface area contributed by atoms with Crippen molar-refractivity contribution in [2.75, 3.05) is 0 Å². The molecular weight excluding hydrogens is 345 g/mol. The molecule has 1 N–H and O–H groups in total. The van der Waals surface area contributed by atoms with Gasteiger partial charge in [-0.15, -0.1) is 0 Å². The Bertz CT molecular complexity index is 482. The van der Waals surface area contributed by atoms with E-state index in [1.54, 1.807) is 0 Å². The van der Waals surface area contributed by atoms with Crippen LogP contribution in [0, 0.1) is 5.92 Å². The van der Waals surface area contributed by atoms with Gasteiger partial charge >= 0.3 is 139 Å². The van der Waals surface area contributed by atoms with Crippen molar-refractivity contribution in [3.63, 3.8) is 0 Å². The molecule has 0 aromatic heterocycles. The monoisotopic (exact) mass is 371 g/mol. The Kier molecular flexibility index (Phi) is 7.11. The molecule has 0 fully saturated rings. The molecule has 0 unspecified atom stereocenters. The molecule has 0 radical (unpaired) electrons. The zero-order valence-electron chi connectivity index (χ0n) is 13.8. The molecular formula is C17H25NO3Se. The predicted molar refractivity (Wildman–Crippen MR) is 89.6 cm³/mol. The van der Waals surface area contributed by atoms with Crippen LogP contribution in [0.15, 0.2) is 30.3 Å². The second-order valence-electron chi connectivity index (χ2n) is 6.45. The summed E-state index contributed by atoms with van der Waals surface area (Å²) < 4.78 is 6.45. The molecule has 4 nitrogen and oxygen atoms in total. The second kappa shape index (κ2) is 8.35. The summed E-state index contributed by atoms with van der Waals surface area (Å²) in [5, 5.41) is 2.87. The van der Waals surface area contributed by atoms with Crippen LogP contribution >= 0.6 is 0 Å². The molecule has 0 aliphatic carbocycles. The van der Waals surface area contributed by atoms with Crippen molar-refractivity contribution in [2.24, 2.45) is 5.92 Å². The van der Waals surface area contributed by atoms with E-state index in [1.807, 2.05) is 65.0 Å². The summed E-state index contributed by atoms with van der Waals surface area (Å²) >= 11 is -0.0348. The fourth-order valence-electron chi connectivity index (χ4n) is 1.91. The number of aldehydes is 1. The van der Waals surface area contributed by atoms with Crippen LogP contribution in [0.4, 0.5) is 4.79 Å². The van der Waals surface area contributed by atoms with Crippen molar-refractivity contribution in [3.05, 3.63) is 30.3 Å². The van der Waals surface area contributed by atoms with E-state index in [9.17, 15) is 9.59 Å². The molecule has 0 aliphatic rings. The normalized spacial score (nSPS) is 14.3. The molecule has 0 saturated carbocycles. The Labute approximate surface area is 139 Å². The Hall–Kier alpha value is -1.32. The first kappa shape index (κ1) is 18.7. The second-order valence-corrected chi connectivity index (χ2v) is 9.07. The first-order chi connectivity index (χ1) is 10.2. The van der Waals surface area contributed by atoms with Gasteiger partial charge in [0, 0.05) is 0 Å². The Balaban J connectivity index is 2.79. The summed E-state index contributed by atoms with van der Waals surface area (Å²) in [7, 11) is 0. The average Bonchev–Trinajstić information content (AvgIpc) is 2.41. The molecule has 1 amide bonds. The summed E-state index contributed by atoms with van der Waals surface area (Å²) in [6.07, 6.45) is 0.483. The van der Waals surface area contributed by atoms with E-state index < -0.39 is 11.7 Å². The van der Waals surface area contributed by atoms with Gasteiger partial charge in [0.1, 0.15) is 0 Å². The van der Waals surface area contributed by atoms with Gasteiger partial charge in [0.2, 0.25) is 0 Å². The summed E-state index contributed by atoms with van der Waals surface area (Å²) in [6, 6.07) is 9.68. The number of carbonyl (C=O) groups is 2. The summed E-state index contributed by atoms with van der Waals surface area (Å²) in [5.74, 6) is 0.147. The van der Waals surface area contributed by atoms with Crippen LogP contribution in [0.5, 0.6) is 0 Å². The van der Waals surface area contributed by atoms with Crippen molar-refractivity contribution in [3.8, 4) is 0 Å². The molecule has 0 heterocycles. The number of alkyl carbamates (subject to hydrolysis) is 1. The third-order valence-electron chi connectivity index (χ3n) is 2.91. The van der Waals surface area contributed by atoms with E-state index in [0.29, 0.717) is 0 Å². The van der Waals surface area contributed by atoms with Crippen molar-refractivity contribution >= 4 is 31.8 Å². The summed E-state index contributed by atoms with van der Waals surface area (Å²) in [6.45, 7) is 9.46. The summed E-state index contributed by atoms with van der Waals surface area (Å²) in [4.78, 5) is 23.3. The van der Waals surface area contributed by atoms with Gasteiger partial charge in [-0.1, -0.05) is 0 Å². The van der Waals surface area contributed by atoms with E-state index in [0.717, 1.165) is 10.7 Å². The van der Waals surface area contributed by atoms with Crippen molar-refractivity contribution in [1.82, 2.24) is 5.32 Å². The van der Waals surface area contributed by atoms with Crippen LogP contribution in [0.3, 0.4) is 0 Å². The van der Waals surface area contributed by atoms with Gasteiger partial charge in [0.25, 0.3) is 0 Å². The van der Waals surface area contributed by atoms with Gasteiger partial charge in [-0.2, -0.15) is 0 Å². The van der Waals surface area contributed by atoms with Gasteiger partial charge in [-0.3, -0.25) is 0 Å². The first-order valence-corrected chi connectivity index (χ1v) is 9.24. The number of benzene rings is 1. The molecule has 0 aliphatic heterocycles. The number of rotatable bonds is 6. The Morgan fingerprint density at radius 3 is 2.27 bits per heavy atom. The molecule has 2 atom stereocenters. The molecule has 0 bridgehead atoms. The van der Waals surface area contributed by atoms with E-state index in [2.05, 4.69) is 5.32 Å². The van der Waals surface area contributed by atoms with E-state index >= 15 is 0 Å². The van der Waals surface area contributed by atoms with Crippen molar-refractivity contribution < 1.29 is 14.3 Å². The van der Waals surface area contributed by atoms with Gasteiger partial charge in [0.15, 0.2) is 0 Å². The van der Waals surface area contributed by atoms with Crippen LogP contribution in [0.1, 0.15) is 34.6 Å². The molecule has 122 valence electrons. The zero-order chi connectivity index (χ0) is 16.8.